The maximum atomic E-state index is 17.2. The third-order valence-electron chi connectivity index (χ3n) is 9.70. The van der Waals surface area contributed by atoms with E-state index in [0.717, 1.165) is 0 Å². The molecule has 3 saturated carbocycles. The number of alkyl halides is 2. The molecule has 0 amide bonds. The molecule has 4 fully saturated rings. The molecule has 1 saturated heterocycles. The highest BCUT2D eigenvalue weighted by Crippen LogP contribution is 2.71. The molecular weight excluding hydrogens is 434 g/mol. The Morgan fingerprint density at radius 1 is 1.27 bits per heavy atom. The molecule has 182 valence electrons. The van der Waals surface area contributed by atoms with Crippen LogP contribution >= 0.6 is 0 Å². The second-order valence-corrected chi connectivity index (χ2v) is 10.8. The van der Waals surface area contributed by atoms with Gasteiger partial charge in [0.25, 0.3) is 5.97 Å². The summed E-state index contributed by atoms with van der Waals surface area (Å²) in [5.74, 6) is -3.28. The minimum atomic E-state index is -2.17. The maximum Gasteiger partial charge on any atom is 0.283 e. The maximum absolute atomic E-state index is 17.2. The summed E-state index contributed by atoms with van der Waals surface area (Å²) >= 11 is 0. The van der Waals surface area contributed by atoms with E-state index >= 15 is 8.78 Å². The number of ketones is 2. The van der Waals surface area contributed by atoms with Gasteiger partial charge in [-0.2, -0.15) is 0 Å². The molecule has 1 aliphatic heterocycles. The van der Waals surface area contributed by atoms with Gasteiger partial charge in [0.05, 0.1) is 6.10 Å². The summed E-state index contributed by atoms with van der Waals surface area (Å²) in [7, 11) is 1.45. The molecule has 9 atom stereocenters. The smallest absolute Gasteiger partial charge is 0.283 e. The number of aliphatic hydroxyl groups excluding tert-OH is 1. The Kier molecular flexibility index (Phi) is 4.96. The first-order valence-electron chi connectivity index (χ1n) is 11.8. The summed E-state index contributed by atoms with van der Waals surface area (Å²) in [6, 6.07) is 0. The predicted octanol–water partition coefficient (Wildman–Crippen LogP) is 3.37. The van der Waals surface area contributed by atoms with Gasteiger partial charge in [-0.05, 0) is 56.3 Å². The SMILES string of the molecule is CCC1(OC)OCC(=O)[C@]2(CC[C@H]3[C@@H]4C[C@H](F)C5=CC(=O)C=C[C@]5(C)[C@@]4(F)[C@@H](O)C[C@@]32C)O1. The van der Waals surface area contributed by atoms with Crippen molar-refractivity contribution in [3.05, 3.63) is 23.8 Å². The van der Waals surface area contributed by atoms with Crippen LogP contribution in [0, 0.1) is 22.7 Å². The number of Topliss-reactive ketones (excluding diaryl/α,β-unsaturated/α-hetero) is 1. The fourth-order valence-electron chi connectivity index (χ4n) is 7.88. The van der Waals surface area contributed by atoms with Gasteiger partial charge < -0.3 is 19.3 Å². The number of halogens is 2. The van der Waals surface area contributed by atoms with E-state index in [1.54, 1.807) is 6.92 Å². The van der Waals surface area contributed by atoms with Gasteiger partial charge in [-0.25, -0.2) is 8.78 Å². The van der Waals surface area contributed by atoms with Crippen molar-refractivity contribution < 1.29 is 37.7 Å². The Balaban J connectivity index is 1.61. The highest BCUT2D eigenvalue weighted by molar-refractivity contribution is 6.01. The van der Waals surface area contributed by atoms with Gasteiger partial charge in [-0.1, -0.05) is 19.9 Å². The largest absolute Gasteiger partial charge is 0.390 e. The topological polar surface area (TPSA) is 82.1 Å². The summed E-state index contributed by atoms with van der Waals surface area (Å²) in [4.78, 5) is 25.3. The fraction of sp³-hybridized carbons (Fsp3) is 0.760. The number of fused-ring (bicyclic) bond motifs is 6. The zero-order chi connectivity index (χ0) is 24.0. The molecule has 8 heteroatoms. The first-order chi connectivity index (χ1) is 15.4. The summed E-state index contributed by atoms with van der Waals surface area (Å²) in [6.45, 7) is 5.05. The molecule has 0 aromatic rings. The molecule has 0 bridgehead atoms. The molecule has 1 N–H and O–H groups in total. The highest BCUT2D eigenvalue weighted by Gasteiger charge is 2.77. The van der Waals surface area contributed by atoms with Gasteiger partial charge >= 0.3 is 0 Å². The van der Waals surface area contributed by atoms with Crippen molar-refractivity contribution in [3.8, 4) is 0 Å². The number of hydrogen-bond donors (Lipinski definition) is 1. The van der Waals surface area contributed by atoms with Crippen molar-refractivity contribution in [2.24, 2.45) is 22.7 Å². The first-order valence-corrected chi connectivity index (χ1v) is 11.8. The standard InChI is InChI=1S/C25H32F2O6/c1-5-24(31-4)32-13-20(30)23(33-24)9-7-15-16-11-18(26)17-10-14(28)6-8-21(17,2)25(16,27)19(29)12-22(15,23)3/h6,8,10,15-16,18-19,29H,5,7,9,11-13H2,1-4H3/t15-,16-,18-,19-,21-,22-,23-,24?,25-/m0/s1. The predicted molar refractivity (Wildman–Crippen MR) is 113 cm³/mol. The second kappa shape index (κ2) is 7.03. The molecule has 0 aromatic heterocycles. The van der Waals surface area contributed by atoms with E-state index < -0.39 is 52.2 Å². The van der Waals surface area contributed by atoms with Crippen molar-refractivity contribution in [1.82, 2.24) is 0 Å². The number of carbonyl (C=O) groups excluding carboxylic acids is 2. The Labute approximate surface area is 192 Å². The van der Waals surface area contributed by atoms with Crippen molar-refractivity contribution in [2.45, 2.75) is 82.4 Å². The highest BCUT2D eigenvalue weighted by atomic mass is 19.1. The Morgan fingerprint density at radius 2 is 2.00 bits per heavy atom. The lowest BCUT2D eigenvalue weighted by molar-refractivity contribution is -0.425. The number of carbonyl (C=O) groups is 2. The zero-order valence-corrected chi connectivity index (χ0v) is 19.5. The Hall–Kier alpha value is -1.48. The Bertz CT molecular complexity index is 959. The molecule has 5 rings (SSSR count). The van der Waals surface area contributed by atoms with Crippen LogP contribution < -0.4 is 0 Å². The van der Waals surface area contributed by atoms with Crippen LogP contribution in [0.1, 0.15) is 52.9 Å². The molecule has 4 aliphatic carbocycles. The third kappa shape index (κ3) is 2.61. The number of allylic oxidation sites excluding steroid dienone is 4. The average molecular weight is 467 g/mol. The van der Waals surface area contributed by atoms with Crippen LogP contribution in [0.25, 0.3) is 0 Å². The van der Waals surface area contributed by atoms with Crippen LogP contribution in [0.3, 0.4) is 0 Å². The van der Waals surface area contributed by atoms with E-state index in [1.165, 1.54) is 25.3 Å². The molecule has 1 heterocycles. The van der Waals surface area contributed by atoms with Crippen molar-refractivity contribution in [1.29, 1.82) is 0 Å². The van der Waals surface area contributed by atoms with Crippen LogP contribution in [0.2, 0.25) is 0 Å². The van der Waals surface area contributed by atoms with E-state index in [2.05, 4.69) is 0 Å². The van der Waals surface area contributed by atoms with Gasteiger partial charge in [0.2, 0.25) is 0 Å². The molecule has 0 radical (unpaired) electrons. The van der Waals surface area contributed by atoms with Gasteiger partial charge in [0, 0.05) is 30.3 Å². The minimum Gasteiger partial charge on any atom is -0.390 e. The zero-order valence-electron chi connectivity index (χ0n) is 19.5. The number of rotatable bonds is 2. The van der Waals surface area contributed by atoms with Crippen LogP contribution in [0.15, 0.2) is 23.8 Å². The molecule has 6 nitrogen and oxygen atoms in total. The quantitative estimate of drug-likeness (QED) is 0.672. The average Bonchev–Trinajstić information content (AvgIpc) is 3.06. The molecular formula is C25H32F2O6. The molecule has 5 aliphatic rings. The minimum absolute atomic E-state index is 0.0263. The lowest BCUT2D eigenvalue weighted by atomic mass is 9.44. The van der Waals surface area contributed by atoms with E-state index in [1.807, 2.05) is 13.8 Å². The summed E-state index contributed by atoms with van der Waals surface area (Å²) in [6.07, 6.45) is 1.82. The van der Waals surface area contributed by atoms with E-state index in [9.17, 15) is 14.7 Å². The van der Waals surface area contributed by atoms with Crippen molar-refractivity contribution in [2.75, 3.05) is 13.7 Å². The number of ether oxygens (including phenoxy) is 3. The van der Waals surface area contributed by atoms with E-state index in [4.69, 9.17) is 14.2 Å². The molecule has 1 unspecified atom stereocenters. The van der Waals surface area contributed by atoms with Gasteiger partial charge in [0.1, 0.15) is 18.4 Å². The number of methoxy groups -OCH3 is 1. The van der Waals surface area contributed by atoms with E-state index in [-0.39, 0.29) is 36.6 Å². The Morgan fingerprint density at radius 3 is 2.67 bits per heavy atom. The first kappa shape index (κ1) is 23.3. The van der Waals surface area contributed by atoms with Crippen LogP contribution in [0.4, 0.5) is 8.78 Å². The lowest BCUT2D eigenvalue weighted by Crippen LogP contribution is -2.72. The number of hydrogen-bond acceptors (Lipinski definition) is 6. The molecule has 1 spiro atoms. The molecule has 33 heavy (non-hydrogen) atoms. The van der Waals surface area contributed by atoms with Gasteiger partial charge in [-0.3, -0.25) is 9.59 Å². The van der Waals surface area contributed by atoms with Crippen LogP contribution in [0.5, 0.6) is 0 Å². The third-order valence-corrected chi connectivity index (χ3v) is 9.70. The van der Waals surface area contributed by atoms with E-state index in [0.29, 0.717) is 19.3 Å². The number of aliphatic hydroxyl groups is 1. The normalized spacial score (nSPS) is 53.5. The van der Waals surface area contributed by atoms with Crippen molar-refractivity contribution in [3.63, 3.8) is 0 Å². The van der Waals surface area contributed by atoms with Crippen LogP contribution in [-0.2, 0) is 23.8 Å². The summed E-state index contributed by atoms with van der Waals surface area (Å²) in [5.41, 5.74) is -5.78. The summed E-state index contributed by atoms with van der Waals surface area (Å²) < 4.78 is 50.1. The second-order valence-electron chi connectivity index (χ2n) is 10.8. The summed E-state index contributed by atoms with van der Waals surface area (Å²) in [5, 5.41) is 11.4. The fourth-order valence-corrected chi connectivity index (χ4v) is 7.88. The molecule has 0 aromatic carbocycles. The lowest BCUT2D eigenvalue weighted by Gasteiger charge is -2.64. The van der Waals surface area contributed by atoms with Crippen molar-refractivity contribution >= 4 is 11.6 Å². The van der Waals surface area contributed by atoms with Gasteiger partial charge in [0.15, 0.2) is 17.2 Å². The van der Waals surface area contributed by atoms with Crippen LogP contribution in [-0.4, -0.2) is 59.9 Å². The monoisotopic (exact) mass is 466 g/mol. The van der Waals surface area contributed by atoms with Gasteiger partial charge in [-0.15, -0.1) is 0 Å².